The number of aromatic nitrogens is 1. The van der Waals surface area contributed by atoms with Gasteiger partial charge in [-0.15, -0.1) is 0 Å². The molecule has 94 valence electrons. The first-order valence-corrected chi connectivity index (χ1v) is 6.21. The lowest BCUT2D eigenvalue weighted by Crippen LogP contribution is -2.35. The Morgan fingerprint density at radius 1 is 1.41 bits per heavy atom. The molecule has 4 heteroatoms. The van der Waals surface area contributed by atoms with E-state index in [-0.39, 0.29) is 0 Å². The van der Waals surface area contributed by atoms with Crippen LogP contribution in [0.25, 0.3) is 0 Å². The van der Waals surface area contributed by atoms with Gasteiger partial charge in [-0.1, -0.05) is 6.07 Å². The van der Waals surface area contributed by atoms with Gasteiger partial charge in [0.2, 0.25) is 5.88 Å². The quantitative estimate of drug-likeness (QED) is 0.858. The predicted molar refractivity (Wildman–Crippen MR) is 68.0 cm³/mol. The number of ether oxygens (including phenoxy) is 1. The Morgan fingerprint density at radius 3 is 2.71 bits per heavy atom. The second-order valence-corrected chi connectivity index (χ2v) is 4.72. The first-order valence-electron chi connectivity index (χ1n) is 6.21. The summed E-state index contributed by atoms with van der Waals surface area (Å²) in [6.45, 7) is 4.71. The van der Waals surface area contributed by atoms with Crippen molar-refractivity contribution >= 4 is 0 Å². The fourth-order valence-corrected chi connectivity index (χ4v) is 2.12. The monoisotopic (exact) mass is 235 g/mol. The van der Waals surface area contributed by atoms with E-state index in [4.69, 9.17) is 10.5 Å². The molecule has 0 aromatic carbocycles. The fraction of sp³-hybridized carbons (Fsp3) is 0.615. The standard InChI is InChI=1S/C13H21N3O/c1-10-11(9-14)3-4-13(15-10)17-12-5-7-16(2)8-6-12/h3-4,12H,5-9,14H2,1-2H3. The number of pyridine rings is 1. The summed E-state index contributed by atoms with van der Waals surface area (Å²) in [5, 5.41) is 0. The molecule has 1 saturated heterocycles. The molecule has 0 bridgehead atoms. The van der Waals surface area contributed by atoms with Gasteiger partial charge in [-0.2, -0.15) is 0 Å². The van der Waals surface area contributed by atoms with Crippen LogP contribution < -0.4 is 10.5 Å². The Kier molecular flexibility index (Phi) is 3.97. The molecule has 4 nitrogen and oxygen atoms in total. The topological polar surface area (TPSA) is 51.4 Å². The highest BCUT2D eigenvalue weighted by Crippen LogP contribution is 2.18. The second-order valence-electron chi connectivity index (χ2n) is 4.72. The van der Waals surface area contributed by atoms with Gasteiger partial charge in [0.25, 0.3) is 0 Å². The summed E-state index contributed by atoms with van der Waals surface area (Å²) in [5.74, 6) is 0.731. The Hall–Kier alpha value is -1.13. The summed E-state index contributed by atoms with van der Waals surface area (Å²) in [5.41, 5.74) is 7.67. The highest BCUT2D eigenvalue weighted by Gasteiger charge is 2.18. The number of hydrogen-bond acceptors (Lipinski definition) is 4. The summed E-state index contributed by atoms with van der Waals surface area (Å²) in [7, 11) is 2.15. The van der Waals surface area contributed by atoms with Crippen LogP contribution in [0.2, 0.25) is 0 Å². The van der Waals surface area contributed by atoms with E-state index in [1.807, 2.05) is 19.1 Å². The van der Waals surface area contributed by atoms with Gasteiger partial charge in [-0.3, -0.25) is 0 Å². The molecule has 0 atom stereocenters. The van der Waals surface area contributed by atoms with E-state index < -0.39 is 0 Å². The molecule has 2 N–H and O–H groups in total. The molecule has 0 radical (unpaired) electrons. The highest BCUT2D eigenvalue weighted by molar-refractivity contribution is 5.24. The Labute approximate surface area is 103 Å². The Morgan fingerprint density at radius 2 is 2.12 bits per heavy atom. The van der Waals surface area contributed by atoms with Gasteiger partial charge in [0, 0.05) is 31.4 Å². The minimum absolute atomic E-state index is 0.307. The van der Waals surface area contributed by atoms with Crippen molar-refractivity contribution in [2.75, 3.05) is 20.1 Å². The molecule has 0 saturated carbocycles. The summed E-state index contributed by atoms with van der Waals surface area (Å²) in [6.07, 6.45) is 2.47. The van der Waals surface area contributed by atoms with Crippen LogP contribution in [0, 0.1) is 6.92 Å². The zero-order chi connectivity index (χ0) is 12.3. The third kappa shape index (κ3) is 3.17. The van der Waals surface area contributed by atoms with Crippen molar-refractivity contribution < 1.29 is 4.74 Å². The van der Waals surface area contributed by atoms with E-state index in [1.54, 1.807) is 0 Å². The lowest BCUT2D eigenvalue weighted by atomic mass is 10.1. The maximum absolute atomic E-state index is 5.91. The number of hydrogen-bond donors (Lipinski definition) is 1. The molecule has 0 unspecified atom stereocenters. The predicted octanol–water partition coefficient (Wildman–Crippen LogP) is 1.32. The molecular weight excluding hydrogens is 214 g/mol. The van der Waals surface area contributed by atoms with Crippen LogP contribution >= 0.6 is 0 Å². The average molecular weight is 235 g/mol. The number of rotatable bonds is 3. The van der Waals surface area contributed by atoms with E-state index in [1.165, 1.54) is 0 Å². The van der Waals surface area contributed by atoms with Gasteiger partial charge >= 0.3 is 0 Å². The average Bonchev–Trinajstić information content (AvgIpc) is 2.32. The second kappa shape index (κ2) is 5.47. The van der Waals surface area contributed by atoms with Gasteiger partial charge in [0.15, 0.2) is 0 Å². The highest BCUT2D eigenvalue weighted by atomic mass is 16.5. The molecule has 2 rings (SSSR count). The van der Waals surface area contributed by atoms with Crippen molar-refractivity contribution in [2.24, 2.45) is 5.73 Å². The van der Waals surface area contributed by atoms with Crippen LogP contribution in [0.4, 0.5) is 0 Å². The van der Waals surface area contributed by atoms with E-state index in [2.05, 4.69) is 16.9 Å². The molecule has 1 aliphatic rings. The fourth-order valence-electron chi connectivity index (χ4n) is 2.12. The Balaban J connectivity index is 1.97. The van der Waals surface area contributed by atoms with E-state index in [0.717, 1.165) is 43.1 Å². The summed E-state index contributed by atoms with van der Waals surface area (Å²) >= 11 is 0. The minimum Gasteiger partial charge on any atom is -0.474 e. The number of nitrogens with zero attached hydrogens (tertiary/aromatic N) is 2. The van der Waals surface area contributed by atoms with Gasteiger partial charge < -0.3 is 15.4 Å². The van der Waals surface area contributed by atoms with Gasteiger partial charge in [0.1, 0.15) is 6.10 Å². The number of piperidine rings is 1. The van der Waals surface area contributed by atoms with E-state index in [0.29, 0.717) is 12.6 Å². The molecule has 2 heterocycles. The molecular formula is C13H21N3O. The Bertz CT molecular complexity index is 373. The zero-order valence-corrected chi connectivity index (χ0v) is 10.6. The van der Waals surface area contributed by atoms with Gasteiger partial charge in [-0.25, -0.2) is 4.98 Å². The van der Waals surface area contributed by atoms with Crippen molar-refractivity contribution in [1.29, 1.82) is 0 Å². The van der Waals surface area contributed by atoms with Crippen LogP contribution in [0.3, 0.4) is 0 Å². The summed E-state index contributed by atoms with van der Waals surface area (Å²) in [4.78, 5) is 6.77. The third-order valence-electron chi connectivity index (χ3n) is 3.34. The SMILES string of the molecule is Cc1nc(OC2CCN(C)CC2)ccc1CN. The van der Waals surface area contributed by atoms with Crippen LogP contribution in [0.5, 0.6) is 5.88 Å². The molecule has 0 aliphatic carbocycles. The van der Waals surface area contributed by atoms with Crippen LogP contribution in [-0.4, -0.2) is 36.1 Å². The van der Waals surface area contributed by atoms with Crippen molar-refractivity contribution in [1.82, 2.24) is 9.88 Å². The van der Waals surface area contributed by atoms with Crippen molar-refractivity contribution in [3.63, 3.8) is 0 Å². The van der Waals surface area contributed by atoms with Gasteiger partial charge in [-0.05, 0) is 32.4 Å². The van der Waals surface area contributed by atoms with Crippen LogP contribution in [0.1, 0.15) is 24.1 Å². The maximum Gasteiger partial charge on any atom is 0.213 e. The van der Waals surface area contributed by atoms with Crippen molar-refractivity contribution in [3.8, 4) is 5.88 Å². The minimum atomic E-state index is 0.307. The largest absolute Gasteiger partial charge is 0.474 e. The maximum atomic E-state index is 5.91. The molecule has 0 spiro atoms. The smallest absolute Gasteiger partial charge is 0.213 e. The lowest BCUT2D eigenvalue weighted by molar-refractivity contribution is 0.110. The third-order valence-corrected chi connectivity index (χ3v) is 3.34. The summed E-state index contributed by atoms with van der Waals surface area (Å²) in [6, 6.07) is 3.93. The number of nitrogens with two attached hydrogens (primary N) is 1. The van der Waals surface area contributed by atoms with Crippen LogP contribution in [-0.2, 0) is 6.54 Å². The number of likely N-dealkylation sites (tertiary alicyclic amines) is 1. The normalized spacial score (nSPS) is 18.3. The number of aryl methyl sites for hydroxylation is 1. The first kappa shape index (κ1) is 12.3. The zero-order valence-electron chi connectivity index (χ0n) is 10.6. The molecule has 1 aliphatic heterocycles. The van der Waals surface area contributed by atoms with Crippen molar-refractivity contribution in [2.45, 2.75) is 32.4 Å². The van der Waals surface area contributed by atoms with Crippen molar-refractivity contribution in [3.05, 3.63) is 23.4 Å². The molecule has 1 fully saturated rings. The lowest BCUT2D eigenvalue weighted by Gasteiger charge is -2.29. The van der Waals surface area contributed by atoms with E-state index in [9.17, 15) is 0 Å². The van der Waals surface area contributed by atoms with Crippen LogP contribution in [0.15, 0.2) is 12.1 Å². The molecule has 1 aromatic rings. The van der Waals surface area contributed by atoms with E-state index >= 15 is 0 Å². The first-order chi connectivity index (χ1) is 8.19. The summed E-state index contributed by atoms with van der Waals surface area (Å²) < 4.78 is 5.91. The van der Waals surface area contributed by atoms with Gasteiger partial charge in [0.05, 0.1) is 0 Å². The molecule has 1 aromatic heterocycles. The molecule has 17 heavy (non-hydrogen) atoms. The molecule has 0 amide bonds.